The second kappa shape index (κ2) is 8.25. The van der Waals surface area contributed by atoms with Crippen LogP contribution in [0.3, 0.4) is 0 Å². The zero-order chi connectivity index (χ0) is 19.5. The Hall–Kier alpha value is -2.50. The molecular formula is C22H29N3O3. The molecule has 2 aromatic rings. The van der Waals surface area contributed by atoms with E-state index in [0.29, 0.717) is 12.5 Å². The van der Waals surface area contributed by atoms with Crippen molar-refractivity contribution in [2.24, 2.45) is 13.0 Å². The fraction of sp³-hybridized carbons (Fsp3) is 0.545. The highest BCUT2D eigenvalue weighted by atomic mass is 16.5. The van der Waals surface area contributed by atoms with Gasteiger partial charge in [-0.2, -0.15) is 5.10 Å². The van der Waals surface area contributed by atoms with Crippen molar-refractivity contribution in [2.75, 3.05) is 26.8 Å². The minimum atomic E-state index is 0.129. The molecule has 1 fully saturated rings. The molecule has 6 nitrogen and oxygen atoms in total. The Morgan fingerprint density at radius 3 is 2.89 bits per heavy atom. The Morgan fingerprint density at radius 2 is 2.04 bits per heavy atom. The normalized spacial score (nSPS) is 19.2. The lowest BCUT2D eigenvalue weighted by Crippen LogP contribution is -2.42. The Kier molecular flexibility index (Phi) is 5.55. The van der Waals surface area contributed by atoms with Crippen LogP contribution in [0.4, 0.5) is 0 Å². The second-order valence-electron chi connectivity index (χ2n) is 7.85. The third-order valence-corrected chi connectivity index (χ3v) is 5.85. The molecule has 0 saturated carbocycles. The van der Waals surface area contributed by atoms with E-state index < -0.39 is 0 Å². The van der Waals surface area contributed by atoms with Gasteiger partial charge in [-0.3, -0.25) is 9.48 Å². The molecule has 1 aromatic carbocycles. The molecule has 1 aromatic heterocycles. The van der Waals surface area contributed by atoms with Crippen molar-refractivity contribution in [3.63, 3.8) is 0 Å². The number of hydrogen-bond donors (Lipinski definition) is 0. The summed E-state index contributed by atoms with van der Waals surface area (Å²) < 4.78 is 13.0. The van der Waals surface area contributed by atoms with Gasteiger partial charge in [-0.05, 0) is 50.7 Å². The molecule has 6 heteroatoms. The molecule has 2 aliphatic rings. The standard InChI is InChI=1S/C22H29N3O3/c1-24-21(19-10-3-4-11-20(19)23-24)22(26)25-12-6-7-16(14-25)15-28-18-9-5-8-17(13-18)27-2/h5,8-9,13,16H,3-4,6-7,10-12,14-15H2,1-2H3/t16-/m0/s1. The zero-order valence-electron chi connectivity index (χ0n) is 16.8. The molecule has 0 radical (unpaired) electrons. The molecule has 1 amide bonds. The number of hydrogen-bond acceptors (Lipinski definition) is 4. The summed E-state index contributed by atoms with van der Waals surface area (Å²) in [5.41, 5.74) is 3.09. The Morgan fingerprint density at radius 1 is 1.21 bits per heavy atom. The lowest BCUT2D eigenvalue weighted by atomic mass is 9.94. The van der Waals surface area contributed by atoms with Crippen molar-refractivity contribution in [3.8, 4) is 11.5 Å². The fourth-order valence-electron chi connectivity index (χ4n) is 4.39. The van der Waals surface area contributed by atoms with Crippen LogP contribution in [0.1, 0.15) is 47.4 Å². The molecule has 1 atom stereocenters. The van der Waals surface area contributed by atoms with Crippen LogP contribution in [0.25, 0.3) is 0 Å². The smallest absolute Gasteiger partial charge is 0.272 e. The number of carbonyl (C=O) groups is 1. The van der Waals surface area contributed by atoms with Crippen LogP contribution in [0, 0.1) is 5.92 Å². The number of amides is 1. The third kappa shape index (κ3) is 3.86. The van der Waals surface area contributed by atoms with Crippen molar-refractivity contribution in [3.05, 3.63) is 41.2 Å². The zero-order valence-corrected chi connectivity index (χ0v) is 16.8. The van der Waals surface area contributed by atoms with Gasteiger partial charge in [0.05, 0.1) is 19.4 Å². The van der Waals surface area contributed by atoms with Crippen LogP contribution in [0.15, 0.2) is 24.3 Å². The SMILES string of the molecule is COc1cccc(OC[C@H]2CCCN(C(=O)c3c4c(nn3C)CCCC4)C2)c1. The number of piperidine rings is 1. The monoisotopic (exact) mass is 383 g/mol. The summed E-state index contributed by atoms with van der Waals surface area (Å²) in [4.78, 5) is 15.3. The van der Waals surface area contributed by atoms with Gasteiger partial charge in [0.2, 0.25) is 0 Å². The molecule has 0 spiro atoms. The van der Waals surface area contributed by atoms with Crippen LogP contribution >= 0.6 is 0 Å². The number of ether oxygens (including phenoxy) is 2. The number of aryl methyl sites for hydroxylation is 2. The van der Waals surface area contributed by atoms with Crippen molar-refractivity contribution < 1.29 is 14.3 Å². The molecule has 1 saturated heterocycles. The predicted molar refractivity (Wildman–Crippen MR) is 107 cm³/mol. The van der Waals surface area contributed by atoms with Crippen molar-refractivity contribution in [1.29, 1.82) is 0 Å². The van der Waals surface area contributed by atoms with Gasteiger partial charge < -0.3 is 14.4 Å². The average molecular weight is 383 g/mol. The van der Waals surface area contributed by atoms with Gasteiger partial charge in [-0.25, -0.2) is 0 Å². The van der Waals surface area contributed by atoms with Crippen LogP contribution in [0.5, 0.6) is 11.5 Å². The molecule has 0 N–H and O–H groups in total. The van der Waals surface area contributed by atoms with Crippen LogP contribution in [0.2, 0.25) is 0 Å². The number of benzene rings is 1. The molecule has 0 unspecified atom stereocenters. The summed E-state index contributed by atoms with van der Waals surface area (Å²) in [5.74, 6) is 2.07. The quantitative estimate of drug-likeness (QED) is 0.795. The van der Waals surface area contributed by atoms with Crippen LogP contribution in [-0.2, 0) is 19.9 Å². The maximum atomic E-state index is 13.3. The van der Waals surface area contributed by atoms with E-state index in [2.05, 4.69) is 5.10 Å². The minimum Gasteiger partial charge on any atom is -0.497 e. The number of likely N-dealkylation sites (tertiary alicyclic amines) is 1. The highest BCUT2D eigenvalue weighted by Crippen LogP contribution is 2.27. The lowest BCUT2D eigenvalue weighted by molar-refractivity contribution is 0.0621. The average Bonchev–Trinajstić information content (AvgIpc) is 3.07. The fourth-order valence-corrected chi connectivity index (χ4v) is 4.39. The molecule has 4 rings (SSSR count). The van der Waals surface area contributed by atoms with Crippen molar-refractivity contribution in [2.45, 2.75) is 38.5 Å². The van der Waals surface area contributed by atoms with Crippen molar-refractivity contribution >= 4 is 5.91 Å². The molecule has 1 aliphatic carbocycles. The van der Waals surface area contributed by atoms with E-state index in [-0.39, 0.29) is 5.91 Å². The summed E-state index contributed by atoms with van der Waals surface area (Å²) in [7, 11) is 3.56. The summed E-state index contributed by atoms with van der Waals surface area (Å²) >= 11 is 0. The van der Waals surface area contributed by atoms with E-state index in [4.69, 9.17) is 9.47 Å². The van der Waals surface area contributed by atoms with Gasteiger partial charge in [-0.15, -0.1) is 0 Å². The van der Waals surface area contributed by atoms with E-state index in [1.807, 2.05) is 36.2 Å². The molecule has 1 aliphatic heterocycles. The number of carbonyl (C=O) groups excluding carboxylic acids is 1. The van der Waals surface area contributed by atoms with Crippen LogP contribution < -0.4 is 9.47 Å². The summed E-state index contributed by atoms with van der Waals surface area (Å²) in [6.07, 6.45) is 6.38. The number of methoxy groups -OCH3 is 1. The Balaban J connectivity index is 1.41. The van der Waals surface area contributed by atoms with Gasteiger partial charge in [0.15, 0.2) is 0 Å². The second-order valence-corrected chi connectivity index (χ2v) is 7.85. The van der Waals surface area contributed by atoms with E-state index in [1.54, 1.807) is 11.8 Å². The minimum absolute atomic E-state index is 0.129. The van der Waals surface area contributed by atoms with Gasteiger partial charge in [0, 0.05) is 37.7 Å². The number of fused-ring (bicyclic) bond motifs is 1. The molecule has 28 heavy (non-hydrogen) atoms. The lowest BCUT2D eigenvalue weighted by Gasteiger charge is -2.33. The van der Waals surface area contributed by atoms with Crippen molar-refractivity contribution in [1.82, 2.24) is 14.7 Å². The summed E-state index contributed by atoms with van der Waals surface area (Å²) in [6, 6.07) is 7.67. The van der Waals surface area contributed by atoms with Crippen LogP contribution in [-0.4, -0.2) is 47.4 Å². The Labute approximate surface area is 166 Å². The third-order valence-electron chi connectivity index (χ3n) is 5.85. The van der Waals surface area contributed by atoms with Gasteiger partial charge in [0.1, 0.15) is 17.2 Å². The van der Waals surface area contributed by atoms with E-state index in [9.17, 15) is 4.79 Å². The first-order valence-electron chi connectivity index (χ1n) is 10.3. The molecule has 150 valence electrons. The first-order chi connectivity index (χ1) is 13.7. The molecular weight excluding hydrogens is 354 g/mol. The topological polar surface area (TPSA) is 56.6 Å². The van der Waals surface area contributed by atoms with E-state index >= 15 is 0 Å². The van der Waals surface area contributed by atoms with Gasteiger partial charge in [-0.1, -0.05) is 6.07 Å². The highest BCUT2D eigenvalue weighted by molar-refractivity contribution is 5.94. The molecule has 0 bridgehead atoms. The van der Waals surface area contributed by atoms with Gasteiger partial charge >= 0.3 is 0 Å². The highest BCUT2D eigenvalue weighted by Gasteiger charge is 2.30. The first-order valence-corrected chi connectivity index (χ1v) is 10.3. The predicted octanol–water partition coefficient (Wildman–Crippen LogP) is 3.24. The maximum absolute atomic E-state index is 13.3. The van der Waals surface area contributed by atoms with Gasteiger partial charge in [0.25, 0.3) is 5.91 Å². The molecule has 2 heterocycles. The van der Waals surface area contributed by atoms with E-state index in [0.717, 1.165) is 68.1 Å². The summed E-state index contributed by atoms with van der Waals surface area (Å²) in [5, 5.41) is 4.61. The number of nitrogens with zero attached hydrogens (tertiary/aromatic N) is 3. The Bertz CT molecular complexity index is 846. The first kappa shape index (κ1) is 18.8. The number of rotatable bonds is 5. The largest absolute Gasteiger partial charge is 0.497 e. The summed E-state index contributed by atoms with van der Waals surface area (Å²) in [6.45, 7) is 2.16. The number of aromatic nitrogens is 2. The maximum Gasteiger partial charge on any atom is 0.272 e. The van der Waals surface area contributed by atoms with E-state index in [1.165, 1.54) is 12.0 Å².